The number of hydrogen-bond donors (Lipinski definition) is 2. The maximum Gasteiger partial charge on any atom is 0.249 e. The van der Waals surface area contributed by atoms with Crippen molar-refractivity contribution in [2.75, 3.05) is 5.32 Å². The van der Waals surface area contributed by atoms with E-state index in [2.05, 4.69) is 20.5 Å². The summed E-state index contributed by atoms with van der Waals surface area (Å²) in [4.78, 5) is 18.8. The van der Waals surface area contributed by atoms with Gasteiger partial charge in [0.25, 0.3) is 0 Å². The zero-order chi connectivity index (χ0) is 20.4. The van der Waals surface area contributed by atoms with Crippen molar-refractivity contribution in [3.05, 3.63) is 69.0 Å². The number of rotatable bonds is 6. The van der Waals surface area contributed by atoms with Gasteiger partial charge in [-0.3, -0.25) is 14.5 Å². The fraction of sp³-hybridized carbons (Fsp3) is 0.158. The molecule has 4 aromatic rings. The van der Waals surface area contributed by atoms with Gasteiger partial charge in [0.2, 0.25) is 5.91 Å². The van der Waals surface area contributed by atoms with Gasteiger partial charge in [-0.2, -0.15) is 5.10 Å². The predicted octanol–water partition coefficient (Wildman–Crippen LogP) is 5.06. The molecule has 1 atom stereocenters. The third-order valence-corrected chi connectivity index (χ3v) is 6.39. The lowest BCUT2D eigenvalue weighted by molar-refractivity contribution is -0.118. The Morgan fingerprint density at radius 2 is 2.17 bits per heavy atom. The van der Waals surface area contributed by atoms with Crippen LogP contribution in [-0.2, 0) is 11.2 Å². The standard InChI is InChI=1S/C19H16FN5OS3/c1-11(25-16(23-24-19(25)27)15-7-4-8-28-15)17(26)22-18-21-10-13(29-18)9-12-5-2-3-6-14(12)20/h2-8,10-11H,9H2,1H3,(H,24,27)(H,21,22,26). The van der Waals surface area contributed by atoms with Gasteiger partial charge >= 0.3 is 0 Å². The van der Waals surface area contributed by atoms with Gasteiger partial charge in [-0.25, -0.2) is 9.37 Å². The van der Waals surface area contributed by atoms with Crippen molar-refractivity contribution in [1.29, 1.82) is 0 Å². The summed E-state index contributed by atoms with van der Waals surface area (Å²) in [6.45, 7) is 1.76. The monoisotopic (exact) mass is 445 g/mol. The number of thiophene rings is 1. The van der Waals surface area contributed by atoms with Crippen molar-refractivity contribution in [3.8, 4) is 10.7 Å². The predicted molar refractivity (Wildman–Crippen MR) is 115 cm³/mol. The van der Waals surface area contributed by atoms with Gasteiger partial charge in [0.1, 0.15) is 11.9 Å². The highest BCUT2D eigenvalue weighted by molar-refractivity contribution is 7.71. The van der Waals surface area contributed by atoms with Crippen LogP contribution in [0.25, 0.3) is 10.7 Å². The first-order valence-electron chi connectivity index (χ1n) is 8.72. The van der Waals surface area contributed by atoms with Gasteiger partial charge in [0.15, 0.2) is 15.7 Å². The highest BCUT2D eigenvalue weighted by Crippen LogP contribution is 2.27. The van der Waals surface area contributed by atoms with Gasteiger partial charge in [-0.15, -0.1) is 22.7 Å². The zero-order valence-corrected chi connectivity index (χ0v) is 17.7. The van der Waals surface area contributed by atoms with Crippen molar-refractivity contribution in [2.24, 2.45) is 0 Å². The van der Waals surface area contributed by atoms with Crippen molar-refractivity contribution in [1.82, 2.24) is 19.7 Å². The van der Waals surface area contributed by atoms with Crippen molar-refractivity contribution in [3.63, 3.8) is 0 Å². The number of aromatic amines is 1. The third-order valence-electron chi connectivity index (χ3n) is 4.32. The van der Waals surface area contributed by atoms with Crippen LogP contribution in [0, 0.1) is 10.6 Å². The minimum Gasteiger partial charge on any atom is -0.300 e. The lowest BCUT2D eigenvalue weighted by Crippen LogP contribution is -2.24. The summed E-state index contributed by atoms with van der Waals surface area (Å²) < 4.78 is 15.9. The molecule has 0 saturated carbocycles. The molecule has 0 aliphatic carbocycles. The molecule has 0 aliphatic heterocycles. The second kappa shape index (κ2) is 8.36. The van der Waals surface area contributed by atoms with E-state index < -0.39 is 6.04 Å². The van der Waals surface area contributed by atoms with Gasteiger partial charge in [0.05, 0.1) is 4.88 Å². The van der Waals surface area contributed by atoms with E-state index in [0.29, 0.717) is 27.7 Å². The average molecular weight is 446 g/mol. The largest absolute Gasteiger partial charge is 0.300 e. The lowest BCUT2D eigenvalue weighted by atomic mass is 10.1. The minimum atomic E-state index is -0.586. The van der Waals surface area contributed by atoms with Crippen LogP contribution in [-0.4, -0.2) is 25.7 Å². The van der Waals surface area contributed by atoms with E-state index in [0.717, 1.165) is 9.75 Å². The van der Waals surface area contributed by atoms with Crippen LogP contribution in [0.1, 0.15) is 23.4 Å². The maximum absolute atomic E-state index is 13.8. The number of nitrogens with zero attached hydrogens (tertiary/aromatic N) is 3. The normalized spacial score (nSPS) is 12.1. The van der Waals surface area contributed by atoms with E-state index in [9.17, 15) is 9.18 Å². The molecule has 1 amide bonds. The van der Waals surface area contributed by atoms with Crippen LogP contribution in [0.15, 0.2) is 48.0 Å². The van der Waals surface area contributed by atoms with Crippen LogP contribution in [0.4, 0.5) is 9.52 Å². The molecule has 1 aromatic carbocycles. The summed E-state index contributed by atoms with van der Waals surface area (Å²) in [6.07, 6.45) is 2.07. The molecule has 0 fully saturated rings. The first-order valence-corrected chi connectivity index (χ1v) is 10.8. The molecule has 0 aliphatic rings. The fourth-order valence-electron chi connectivity index (χ4n) is 2.85. The quantitative estimate of drug-likeness (QED) is 0.407. The van der Waals surface area contributed by atoms with Crippen LogP contribution in [0.2, 0.25) is 0 Å². The molecule has 0 radical (unpaired) electrons. The molecule has 1 unspecified atom stereocenters. The maximum atomic E-state index is 13.8. The molecule has 3 heterocycles. The molecule has 0 bridgehead atoms. The van der Waals surface area contributed by atoms with E-state index in [1.165, 1.54) is 28.7 Å². The zero-order valence-electron chi connectivity index (χ0n) is 15.3. The SMILES string of the molecule is CC(C(=O)Nc1ncc(Cc2ccccc2F)s1)n1c(-c2cccs2)n[nH]c1=S. The molecule has 29 heavy (non-hydrogen) atoms. The van der Waals surface area contributed by atoms with Crippen LogP contribution >= 0.6 is 34.9 Å². The molecule has 6 nitrogen and oxygen atoms in total. The number of nitrogens with one attached hydrogen (secondary N) is 2. The van der Waals surface area contributed by atoms with Gasteiger partial charge < -0.3 is 5.32 Å². The smallest absolute Gasteiger partial charge is 0.249 e. The van der Waals surface area contributed by atoms with E-state index >= 15 is 0 Å². The first kappa shape index (κ1) is 19.6. The Balaban J connectivity index is 1.49. The van der Waals surface area contributed by atoms with Gasteiger partial charge in [0, 0.05) is 17.5 Å². The Bertz CT molecular complexity index is 1190. The molecule has 148 valence electrons. The summed E-state index contributed by atoms with van der Waals surface area (Å²) in [7, 11) is 0. The molecule has 0 spiro atoms. The molecule has 3 aromatic heterocycles. The topological polar surface area (TPSA) is 75.6 Å². The van der Waals surface area contributed by atoms with Gasteiger partial charge in [-0.1, -0.05) is 24.3 Å². The number of aromatic nitrogens is 4. The Kier molecular flexibility index (Phi) is 5.65. The Labute approximate surface area is 179 Å². The average Bonchev–Trinajstić information content (AvgIpc) is 3.44. The summed E-state index contributed by atoms with van der Waals surface area (Å²) >= 11 is 8.16. The summed E-state index contributed by atoms with van der Waals surface area (Å²) in [5.74, 6) is 0.106. The number of carbonyl (C=O) groups is 1. The van der Waals surface area contributed by atoms with Crippen molar-refractivity contribution >= 4 is 45.9 Å². The summed E-state index contributed by atoms with van der Waals surface area (Å²) in [5.41, 5.74) is 0.590. The van der Waals surface area contributed by atoms with Crippen LogP contribution < -0.4 is 5.32 Å². The molecule has 4 rings (SSSR count). The number of amides is 1. The van der Waals surface area contributed by atoms with Gasteiger partial charge in [-0.05, 0) is 42.2 Å². The molecule has 2 N–H and O–H groups in total. The van der Waals surface area contributed by atoms with E-state index in [-0.39, 0.29) is 11.7 Å². The molecular formula is C19H16FN5OS3. The third kappa shape index (κ3) is 4.19. The van der Waals surface area contributed by atoms with E-state index in [1.54, 1.807) is 35.9 Å². The Hall–Kier alpha value is -2.69. The Morgan fingerprint density at radius 1 is 1.34 bits per heavy atom. The number of hydrogen-bond acceptors (Lipinski definition) is 6. The number of H-pyrrole nitrogens is 1. The second-order valence-corrected chi connectivity index (χ2v) is 8.71. The van der Waals surface area contributed by atoms with Crippen molar-refractivity contribution < 1.29 is 9.18 Å². The second-order valence-electron chi connectivity index (χ2n) is 6.26. The number of thiazole rings is 1. The summed E-state index contributed by atoms with van der Waals surface area (Å²) in [6, 6.07) is 9.87. The number of benzene rings is 1. The lowest BCUT2D eigenvalue weighted by Gasteiger charge is -2.14. The number of carbonyl (C=O) groups excluding carboxylic acids is 1. The summed E-state index contributed by atoms with van der Waals surface area (Å²) in [5, 5.41) is 12.2. The van der Waals surface area contributed by atoms with E-state index in [1.807, 2.05) is 17.5 Å². The van der Waals surface area contributed by atoms with Crippen LogP contribution in [0.5, 0.6) is 0 Å². The molecular weight excluding hydrogens is 429 g/mol. The number of anilines is 1. The minimum absolute atomic E-state index is 0.254. The van der Waals surface area contributed by atoms with E-state index in [4.69, 9.17) is 12.2 Å². The fourth-order valence-corrected chi connectivity index (χ4v) is 4.69. The highest BCUT2D eigenvalue weighted by Gasteiger charge is 2.22. The molecule has 10 heteroatoms. The molecule has 0 saturated heterocycles. The first-order chi connectivity index (χ1) is 14.0. The van der Waals surface area contributed by atoms with Crippen LogP contribution in [0.3, 0.4) is 0 Å². The van der Waals surface area contributed by atoms with Crippen molar-refractivity contribution in [2.45, 2.75) is 19.4 Å². The highest BCUT2D eigenvalue weighted by atomic mass is 32.1. The number of halogens is 1. The Morgan fingerprint density at radius 3 is 2.93 bits per heavy atom.